The molecule has 1 rings (SSSR count). The van der Waals surface area contributed by atoms with Gasteiger partial charge in [-0.05, 0) is 22.0 Å². The maximum absolute atomic E-state index is 13.0. The van der Waals surface area contributed by atoms with Gasteiger partial charge in [0.25, 0.3) is 0 Å². The third-order valence-electron chi connectivity index (χ3n) is 1.52. The quantitative estimate of drug-likeness (QED) is 0.661. The lowest BCUT2D eigenvalue weighted by molar-refractivity contribution is -0.136. The van der Waals surface area contributed by atoms with Crippen molar-refractivity contribution in [1.29, 1.82) is 0 Å². The van der Waals surface area contributed by atoms with Crippen LogP contribution >= 0.6 is 15.9 Å². The maximum atomic E-state index is 13.0. The highest BCUT2D eigenvalue weighted by atomic mass is 79.9. The Morgan fingerprint density at radius 1 is 1.36 bits per heavy atom. The summed E-state index contributed by atoms with van der Waals surface area (Å²) in [4.78, 5) is 10.2. The highest BCUT2D eigenvalue weighted by Crippen LogP contribution is 2.24. The molecule has 1 aromatic carbocycles. The van der Waals surface area contributed by atoms with E-state index in [2.05, 4.69) is 15.9 Å². The number of carboxylic acids is 1. The fourth-order valence-electron chi connectivity index (χ4n) is 0.913. The van der Waals surface area contributed by atoms with E-state index < -0.39 is 39.9 Å². The second kappa shape index (κ2) is 4.00. The molecule has 76 valence electrons. The van der Waals surface area contributed by atoms with Crippen LogP contribution in [0.25, 0.3) is 0 Å². The van der Waals surface area contributed by atoms with E-state index in [1.165, 1.54) is 0 Å². The topological polar surface area (TPSA) is 37.3 Å². The first-order valence-electron chi connectivity index (χ1n) is 3.47. The first-order valence-corrected chi connectivity index (χ1v) is 4.26. The van der Waals surface area contributed by atoms with Crippen molar-refractivity contribution in [2.24, 2.45) is 0 Å². The van der Waals surface area contributed by atoms with E-state index in [1.807, 2.05) is 0 Å². The van der Waals surface area contributed by atoms with Crippen LogP contribution in [-0.2, 0) is 11.2 Å². The second-order valence-corrected chi connectivity index (χ2v) is 3.32. The van der Waals surface area contributed by atoms with E-state index in [4.69, 9.17) is 5.11 Å². The van der Waals surface area contributed by atoms with Crippen LogP contribution < -0.4 is 0 Å². The number of hydrogen-bond acceptors (Lipinski definition) is 1. The van der Waals surface area contributed by atoms with E-state index in [9.17, 15) is 18.0 Å². The Bertz CT molecular complexity index is 393. The smallest absolute Gasteiger partial charge is 0.307 e. The molecule has 0 saturated carbocycles. The summed E-state index contributed by atoms with van der Waals surface area (Å²) < 4.78 is 38.0. The third kappa shape index (κ3) is 2.06. The van der Waals surface area contributed by atoms with Crippen molar-refractivity contribution in [3.05, 3.63) is 33.6 Å². The molecule has 0 spiro atoms. The Kier molecular flexibility index (Phi) is 3.15. The minimum absolute atomic E-state index is 0.518. The van der Waals surface area contributed by atoms with Gasteiger partial charge in [0.05, 0.1) is 10.9 Å². The van der Waals surface area contributed by atoms with Crippen LogP contribution in [-0.4, -0.2) is 11.1 Å². The summed E-state index contributed by atoms with van der Waals surface area (Å²) >= 11 is 2.49. The van der Waals surface area contributed by atoms with Crippen molar-refractivity contribution in [2.75, 3.05) is 0 Å². The molecule has 0 aromatic heterocycles. The minimum atomic E-state index is -1.42. The van der Waals surface area contributed by atoms with E-state index in [1.54, 1.807) is 0 Å². The van der Waals surface area contributed by atoms with Gasteiger partial charge in [0.15, 0.2) is 11.6 Å². The van der Waals surface area contributed by atoms with Gasteiger partial charge >= 0.3 is 5.97 Å². The van der Waals surface area contributed by atoms with E-state index in [-0.39, 0.29) is 0 Å². The zero-order valence-electron chi connectivity index (χ0n) is 6.65. The van der Waals surface area contributed by atoms with Crippen molar-refractivity contribution in [3.8, 4) is 0 Å². The van der Waals surface area contributed by atoms with Gasteiger partial charge in [0.1, 0.15) is 5.82 Å². The zero-order chi connectivity index (χ0) is 10.9. The zero-order valence-corrected chi connectivity index (χ0v) is 8.24. The fourth-order valence-corrected chi connectivity index (χ4v) is 1.20. The lowest BCUT2D eigenvalue weighted by atomic mass is 10.1. The summed E-state index contributed by atoms with van der Waals surface area (Å²) in [6.07, 6.45) is -0.757. The van der Waals surface area contributed by atoms with E-state index in [0.29, 0.717) is 6.07 Å². The molecule has 14 heavy (non-hydrogen) atoms. The Balaban J connectivity index is 3.25. The first kappa shape index (κ1) is 11.0. The van der Waals surface area contributed by atoms with Gasteiger partial charge in [-0.3, -0.25) is 4.79 Å². The SMILES string of the molecule is O=C(O)Cc1cc(F)c(Br)c(F)c1F. The van der Waals surface area contributed by atoms with Crippen molar-refractivity contribution in [1.82, 2.24) is 0 Å². The molecule has 0 amide bonds. The molecular formula is C8H4BrF3O2. The van der Waals surface area contributed by atoms with Gasteiger partial charge in [-0.25, -0.2) is 13.2 Å². The van der Waals surface area contributed by atoms with Crippen LogP contribution in [0.4, 0.5) is 13.2 Å². The van der Waals surface area contributed by atoms with Gasteiger partial charge in [-0.1, -0.05) is 0 Å². The second-order valence-electron chi connectivity index (χ2n) is 2.53. The molecule has 0 atom stereocenters. The number of rotatable bonds is 2. The molecular weight excluding hydrogens is 265 g/mol. The summed E-state index contributed by atoms with van der Waals surface area (Å²) in [5.74, 6) is -5.15. The Hall–Kier alpha value is -1.04. The number of aliphatic carboxylic acids is 1. The number of benzene rings is 1. The van der Waals surface area contributed by atoms with Crippen molar-refractivity contribution >= 4 is 21.9 Å². The lowest BCUT2D eigenvalue weighted by Crippen LogP contribution is -2.05. The molecule has 6 heteroatoms. The Labute approximate surface area is 85.5 Å². The molecule has 0 radical (unpaired) electrons. The van der Waals surface area contributed by atoms with Crippen LogP contribution in [0.3, 0.4) is 0 Å². The molecule has 0 aliphatic heterocycles. The predicted octanol–water partition coefficient (Wildman–Crippen LogP) is 2.49. The molecule has 0 saturated heterocycles. The van der Waals surface area contributed by atoms with Gasteiger partial charge < -0.3 is 5.11 Å². The molecule has 1 N–H and O–H groups in total. The molecule has 0 aliphatic carbocycles. The minimum Gasteiger partial charge on any atom is -0.481 e. The summed E-state index contributed by atoms with van der Waals surface area (Å²) in [7, 11) is 0. The Morgan fingerprint density at radius 2 is 1.93 bits per heavy atom. The van der Waals surface area contributed by atoms with Crippen molar-refractivity contribution < 1.29 is 23.1 Å². The highest BCUT2D eigenvalue weighted by molar-refractivity contribution is 9.10. The van der Waals surface area contributed by atoms with Gasteiger partial charge in [0, 0.05) is 5.56 Å². The first-order chi connectivity index (χ1) is 6.43. The monoisotopic (exact) mass is 268 g/mol. The number of halogens is 4. The van der Waals surface area contributed by atoms with Gasteiger partial charge in [-0.15, -0.1) is 0 Å². The van der Waals surface area contributed by atoms with Crippen molar-refractivity contribution in [2.45, 2.75) is 6.42 Å². The lowest BCUT2D eigenvalue weighted by Gasteiger charge is -2.03. The molecule has 0 fully saturated rings. The third-order valence-corrected chi connectivity index (χ3v) is 2.25. The van der Waals surface area contributed by atoms with E-state index in [0.717, 1.165) is 0 Å². The van der Waals surface area contributed by atoms with Crippen LogP contribution in [0, 0.1) is 17.5 Å². The summed E-state index contributed by atoms with van der Waals surface area (Å²) in [5.41, 5.74) is -0.518. The van der Waals surface area contributed by atoms with Crippen LogP contribution in [0.2, 0.25) is 0 Å². The number of carbonyl (C=O) groups is 1. The number of carboxylic acid groups (broad SMARTS) is 1. The van der Waals surface area contributed by atoms with Crippen LogP contribution in [0.5, 0.6) is 0 Å². The summed E-state index contributed by atoms with van der Waals surface area (Å²) in [5, 5.41) is 8.32. The number of hydrogen-bond donors (Lipinski definition) is 1. The average molecular weight is 269 g/mol. The molecule has 0 bridgehead atoms. The average Bonchev–Trinajstić information content (AvgIpc) is 2.10. The predicted molar refractivity (Wildman–Crippen MR) is 45.4 cm³/mol. The standard InChI is InChI=1S/C8H4BrF3O2/c9-6-4(10)1-3(2-5(13)14)7(11)8(6)12/h1H,2H2,(H,13,14). The fraction of sp³-hybridized carbons (Fsp3) is 0.125. The normalized spacial score (nSPS) is 10.3. The van der Waals surface area contributed by atoms with E-state index >= 15 is 0 Å². The molecule has 0 unspecified atom stereocenters. The van der Waals surface area contributed by atoms with Crippen LogP contribution in [0.1, 0.15) is 5.56 Å². The van der Waals surface area contributed by atoms with Crippen LogP contribution in [0.15, 0.2) is 10.5 Å². The highest BCUT2D eigenvalue weighted by Gasteiger charge is 2.18. The van der Waals surface area contributed by atoms with Gasteiger partial charge in [0.2, 0.25) is 0 Å². The molecule has 0 aliphatic rings. The summed E-state index contributed by atoms with van der Waals surface area (Å²) in [6, 6.07) is 0.649. The summed E-state index contributed by atoms with van der Waals surface area (Å²) in [6.45, 7) is 0. The van der Waals surface area contributed by atoms with Crippen molar-refractivity contribution in [3.63, 3.8) is 0 Å². The largest absolute Gasteiger partial charge is 0.481 e. The molecule has 2 nitrogen and oxygen atoms in total. The van der Waals surface area contributed by atoms with Gasteiger partial charge in [-0.2, -0.15) is 0 Å². The molecule has 0 heterocycles. The maximum Gasteiger partial charge on any atom is 0.307 e. The molecule has 1 aromatic rings. The Morgan fingerprint density at radius 3 is 2.43 bits per heavy atom.